The van der Waals surface area contributed by atoms with Crippen LogP contribution in [0.2, 0.25) is 0 Å². The van der Waals surface area contributed by atoms with Gasteiger partial charge in [-0.25, -0.2) is 9.37 Å². The minimum atomic E-state index is -0.418. The van der Waals surface area contributed by atoms with Gasteiger partial charge in [0, 0.05) is 11.8 Å². The largest absolute Gasteiger partial charge is 0.496 e. The lowest BCUT2D eigenvalue weighted by Crippen LogP contribution is -2.21. The molecule has 3 N–H and O–H groups in total. The Labute approximate surface area is 117 Å². The second-order valence-corrected chi connectivity index (χ2v) is 4.56. The van der Waals surface area contributed by atoms with E-state index >= 15 is 0 Å². The minimum Gasteiger partial charge on any atom is -0.496 e. The summed E-state index contributed by atoms with van der Waals surface area (Å²) in [5.41, 5.74) is 8.05. The van der Waals surface area contributed by atoms with Crippen LogP contribution in [-0.4, -0.2) is 19.1 Å². The monoisotopic (exact) mass is 275 g/mol. The lowest BCUT2D eigenvalue weighted by molar-refractivity contribution is 0.398. The molecule has 106 valence electrons. The fourth-order valence-electron chi connectivity index (χ4n) is 2.26. The van der Waals surface area contributed by atoms with E-state index < -0.39 is 6.04 Å². The van der Waals surface area contributed by atoms with E-state index in [0.717, 1.165) is 11.1 Å². The number of nitrogens with zero attached hydrogens (tertiary/aromatic N) is 1. The summed E-state index contributed by atoms with van der Waals surface area (Å²) in [4.78, 5) is 4.13. The Hall–Kier alpha value is -2.14. The second-order valence-electron chi connectivity index (χ2n) is 4.56. The molecule has 0 aliphatic carbocycles. The van der Waals surface area contributed by atoms with Crippen molar-refractivity contribution in [2.45, 2.75) is 13.0 Å². The van der Waals surface area contributed by atoms with Gasteiger partial charge in [0.1, 0.15) is 17.4 Å². The number of halogens is 1. The van der Waals surface area contributed by atoms with Crippen molar-refractivity contribution >= 4 is 5.82 Å². The van der Waals surface area contributed by atoms with Crippen molar-refractivity contribution in [2.75, 3.05) is 19.9 Å². The van der Waals surface area contributed by atoms with Crippen LogP contribution in [0, 0.1) is 12.7 Å². The van der Waals surface area contributed by atoms with E-state index in [1.54, 1.807) is 25.4 Å². The zero-order chi connectivity index (χ0) is 14.7. The molecule has 0 bridgehead atoms. The first kappa shape index (κ1) is 14.3. The molecule has 4 nitrogen and oxygen atoms in total. The number of ether oxygens (including phenoxy) is 1. The molecule has 2 aromatic rings. The Balaban J connectivity index is 2.61. The maximum Gasteiger partial charge on any atom is 0.132 e. The Morgan fingerprint density at radius 1 is 1.40 bits per heavy atom. The molecule has 0 radical (unpaired) electrons. The van der Waals surface area contributed by atoms with Crippen molar-refractivity contribution in [3.05, 3.63) is 53.0 Å². The molecule has 1 aromatic heterocycles. The molecule has 1 heterocycles. The molecule has 20 heavy (non-hydrogen) atoms. The number of anilines is 1. The van der Waals surface area contributed by atoms with Gasteiger partial charge < -0.3 is 15.8 Å². The summed E-state index contributed by atoms with van der Waals surface area (Å²) < 4.78 is 19.5. The predicted octanol–water partition coefficient (Wildman–Crippen LogP) is 2.43. The number of benzene rings is 1. The average molecular weight is 275 g/mol. The summed E-state index contributed by atoms with van der Waals surface area (Å²) in [7, 11) is 3.27. The van der Waals surface area contributed by atoms with Crippen molar-refractivity contribution in [1.82, 2.24) is 10.3 Å². The van der Waals surface area contributed by atoms with Gasteiger partial charge in [-0.1, -0.05) is 6.07 Å². The van der Waals surface area contributed by atoms with Crippen LogP contribution in [-0.2, 0) is 0 Å². The van der Waals surface area contributed by atoms with E-state index in [1.807, 2.05) is 13.0 Å². The van der Waals surface area contributed by atoms with Gasteiger partial charge in [-0.15, -0.1) is 0 Å². The molecule has 0 fully saturated rings. The second kappa shape index (κ2) is 5.88. The molecule has 1 aromatic carbocycles. The number of methoxy groups -OCH3 is 1. The Bertz CT molecular complexity index is 616. The topological polar surface area (TPSA) is 60.2 Å². The first-order valence-electron chi connectivity index (χ1n) is 6.30. The van der Waals surface area contributed by atoms with Crippen LogP contribution in [0.15, 0.2) is 30.5 Å². The Morgan fingerprint density at radius 3 is 2.80 bits per heavy atom. The van der Waals surface area contributed by atoms with E-state index in [-0.39, 0.29) is 5.82 Å². The number of hydrogen-bond acceptors (Lipinski definition) is 4. The van der Waals surface area contributed by atoms with Crippen molar-refractivity contribution in [3.63, 3.8) is 0 Å². The first-order valence-corrected chi connectivity index (χ1v) is 6.30. The quantitative estimate of drug-likeness (QED) is 0.899. The third-order valence-electron chi connectivity index (χ3n) is 3.21. The summed E-state index contributed by atoms with van der Waals surface area (Å²) in [6, 6.07) is 6.22. The van der Waals surface area contributed by atoms with Gasteiger partial charge in [0.25, 0.3) is 0 Å². The molecular formula is C15H18FN3O. The van der Waals surface area contributed by atoms with Crippen LogP contribution in [0.1, 0.15) is 22.7 Å². The summed E-state index contributed by atoms with van der Waals surface area (Å²) in [5.74, 6) is 0.509. The smallest absolute Gasteiger partial charge is 0.132 e. The highest BCUT2D eigenvalue weighted by atomic mass is 19.1. The third kappa shape index (κ3) is 2.58. The average Bonchev–Trinajstić information content (AvgIpc) is 2.44. The van der Waals surface area contributed by atoms with Crippen LogP contribution < -0.4 is 15.8 Å². The number of nitrogens with two attached hydrogens (primary N) is 1. The molecular weight excluding hydrogens is 257 g/mol. The van der Waals surface area contributed by atoms with Crippen LogP contribution in [0.5, 0.6) is 5.75 Å². The van der Waals surface area contributed by atoms with E-state index in [9.17, 15) is 4.39 Å². The van der Waals surface area contributed by atoms with Crippen molar-refractivity contribution < 1.29 is 9.13 Å². The van der Waals surface area contributed by atoms with Gasteiger partial charge in [0.15, 0.2) is 0 Å². The highest BCUT2D eigenvalue weighted by Crippen LogP contribution is 2.34. The highest BCUT2D eigenvalue weighted by Gasteiger charge is 2.23. The molecule has 2 rings (SSSR count). The number of aromatic nitrogens is 1. The molecule has 0 aliphatic rings. The van der Waals surface area contributed by atoms with Gasteiger partial charge in [-0.3, -0.25) is 0 Å². The van der Waals surface area contributed by atoms with Crippen molar-refractivity contribution in [2.24, 2.45) is 0 Å². The molecule has 0 spiro atoms. The predicted molar refractivity (Wildman–Crippen MR) is 77.2 cm³/mol. The first-order chi connectivity index (χ1) is 9.58. The summed E-state index contributed by atoms with van der Waals surface area (Å²) >= 11 is 0. The van der Waals surface area contributed by atoms with Gasteiger partial charge in [-0.05, 0) is 37.7 Å². The number of rotatable bonds is 4. The van der Waals surface area contributed by atoms with Crippen LogP contribution in [0.3, 0.4) is 0 Å². The summed E-state index contributed by atoms with van der Waals surface area (Å²) in [6.45, 7) is 1.92. The van der Waals surface area contributed by atoms with Crippen LogP contribution >= 0.6 is 0 Å². The zero-order valence-corrected chi connectivity index (χ0v) is 11.8. The molecule has 0 saturated carbocycles. The fourth-order valence-corrected chi connectivity index (χ4v) is 2.26. The maximum atomic E-state index is 14.2. The Kier molecular flexibility index (Phi) is 4.20. The van der Waals surface area contributed by atoms with E-state index in [4.69, 9.17) is 10.5 Å². The number of aryl methyl sites for hydroxylation is 1. The standard InChI is InChI=1S/C15H18FN3O/c1-9-7-10(15(17)19-8-9)14(18-2)13-11(16)5-4-6-12(13)20-3/h4-8,14,18H,1-3H3,(H2,17,19). The lowest BCUT2D eigenvalue weighted by atomic mass is 9.97. The van der Waals surface area contributed by atoms with Crippen molar-refractivity contribution in [1.29, 1.82) is 0 Å². The third-order valence-corrected chi connectivity index (χ3v) is 3.21. The van der Waals surface area contributed by atoms with Crippen LogP contribution in [0.4, 0.5) is 10.2 Å². The zero-order valence-electron chi connectivity index (χ0n) is 11.8. The number of nitrogen functional groups attached to an aromatic ring is 1. The fraction of sp³-hybridized carbons (Fsp3) is 0.267. The van der Waals surface area contributed by atoms with E-state index in [0.29, 0.717) is 17.1 Å². The van der Waals surface area contributed by atoms with Gasteiger partial charge >= 0.3 is 0 Å². The van der Waals surface area contributed by atoms with Crippen molar-refractivity contribution in [3.8, 4) is 5.75 Å². The normalized spacial score (nSPS) is 12.2. The van der Waals surface area contributed by atoms with E-state index in [1.165, 1.54) is 13.2 Å². The van der Waals surface area contributed by atoms with Gasteiger partial charge in [-0.2, -0.15) is 0 Å². The molecule has 1 atom stereocenters. The molecule has 1 unspecified atom stereocenters. The molecule has 0 aliphatic heterocycles. The summed E-state index contributed by atoms with van der Waals surface area (Å²) in [5, 5.41) is 3.08. The summed E-state index contributed by atoms with van der Waals surface area (Å²) in [6.07, 6.45) is 1.68. The van der Waals surface area contributed by atoms with Gasteiger partial charge in [0.2, 0.25) is 0 Å². The maximum absolute atomic E-state index is 14.2. The SMILES string of the molecule is CNC(c1cc(C)cnc1N)c1c(F)cccc1OC. The highest BCUT2D eigenvalue weighted by molar-refractivity contribution is 5.50. The Morgan fingerprint density at radius 2 is 2.15 bits per heavy atom. The molecule has 0 amide bonds. The molecule has 5 heteroatoms. The number of nitrogens with one attached hydrogen (secondary N) is 1. The van der Waals surface area contributed by atoms with E-state index in [2.05, 4.69) is 10.3 Å². The van der Waals surface area contributed by atoms with Gasteiger partial charge in [0.05, 0.1) is 18.7 Å². The van der Waals surface area contributed by atoms with Crippen LogP contribution in [0.25, 0.3) is 0 Å². The number of hydrogen-bond donors (Lipinski definition) is 2. The number of pyridine rings is 1. The minimum absolute atomic E-state index is 0.343. The molecule has 0 saturated heterocycles. The lowest BCUT2D eigenvalue weighted by Gasteiger charge is -2.21.